The van der Waals surface area contributed by atoms with E-state index >= 15 is 0 Å². The average molecular weight is 270 g/mol. The van der Waals surface area contributed by atoms with E-state index in [1.165, 1.54) is 11.1 Å². The molecule has 3 unspecified atom stereocenters. The molecule has 2 aromatic rings. The summed E-state index contributed by atoms with van der Waals surface area (Å²) in [5.74, 6) is 1.69. The Hall–Kier alpha value is -1.68. The second-order valence-corrected chi connectivity index (χ2v) is 5.89. The third kappa shape index (κ3) is 1.86. The maximum absolute atomic E-state index is 9.95. The Kier molecular flexibility index (Phi) is 2.84. The van der Waals surface area contributed by atoms with Crippen LogP contribution in [-0.4, -0.2) is 21.4 Å². The van der Waals surface area contributed by atoms with E-state index in [9.17, 15) is 5.11 Å². The van der Waals surface area contributed by atoms with Crippen molar-refractivity contribution in [1.29, 1.82) is 0 Å². The van der Waals surface area contributed by atoms with E-state index in [2.05, 4.69) is 34.4 Å². The number of fused-ring (bicyclic) bond motifs is 1. The van der Waals surface area contributed by atoms with Crippen LogP contribution in [0.3, 0.4) is 0 Å². The summed E-state index contributed by atoms with van der Waals surface area (Å²) in [6.45, 7) is 0. The maximum atomic E-state index is 9.95. The molecule has 0 amide bonds. The number of hydrogen-bond donors (Lipinski definition) is 1. The molecule has 0 spiro atoms. The molecule has 1 aromatic heterocycles. The predicted molar refractivity (Wildman–Crippen MR) is 73.5 cm³/mol. The quantitative estimate of drug-likeness (QED) is 0.911. The summed E-state index contributed by atoms with van der Waals surface area (Å²) < 4.78 is 5.43. The molecule has 1 aromatic carbocycles. The fourth-order valence-corrected chi connectivity index (χ4v) is 3.59. The van der Waals surface area contributed by atoms with E-state index in [4.69, 9.17) is 4.52 Å². The van der Waals surface area contributed by atoms with Gasteiger partial charge in [0, 0.05) is 5.92 Å². The summed E-state index contributed by atoms with van der Waals surface area (Å²) >= 11 is 0. The summed E-state index contributed by atoms with van der Waals surface area (Å²) in [5, 5.41) is 14.1. The minimum absolute atomic E-state index is 0.0351. The number of aliphatic hydroxyl groups is 1. The van der Waals surface area contributed by atoms with E-state index in [0.29, 0.717) is 5.89 Å². The van der Waals surface area contributed by atoms with Crippen molar-refractivity contribution in [1.82, 2.24) is 10.1 Å². The summed E-state index contributed by atoms with van der Waals surface area (Å²) in [7, 11) is 0. The molecule has 4 rings (SSSR count). The zero-order valence-corrected chi connectivity index (χ0v) is 11.3. The largest absolute Gasteiger partial charge is 0.392 e. The normalized spacial score (nSPS) is 28.8. The van der Waals surface area contributed by atoms with Crippen molar-refractivity contribution in [2.45, 2.75) is 50.0 Å². The second kappa shape index (κ2) is 4.70. The van der Waals surface area contributed by atoms with Gasteiger partial charge in [0.1, 0.15) is 0 Å². The van der Waals surface area contributed by atoms with E-state index in [-0.39, 0.29) is 17.9 Å². The van der Waals surface area contributed by atoms with E-state index in [1.807, 2.05) is 0 Å². The predicted octanol–water partition coefficient (Wildman–Crippen LogP) is 2.78. The summed E-state index contributed by atoms with van der Waals surface area (Å²) in [6, 6.07) is 8.49. The monoisotopic (exact) mass is 270 g/mol. The van der Waals surface area contributed by atoms with Gasteiger partial charge in [-0.15, -0.1) is 0 Å². The summed E-state index contributed by atoms with van der Waals surface area (Å²) in [5.41, 5.74) is 2.72. The third-order valence-electron chi connectivity index (χ3n) is 4.70. The fraction of sp³-hybridized carbons (Fsp3) is 0.500. The summed E-state index contributed by atoms with van der Waals surface area (Å²) in [4.78, 5) is 4.59. The van der Waals surface area contributed by atoms with Crippen LogP contribution < -0.4 is 0 Å². The number of aryl methyl sites for hydroxylation is 1. The second-order valence-electron chi connectivity index (χ2n) is 5.89. The van der Waals surface area contributed by atoms with Crippen LogP contribution in [0.1, 0.15) is 60.4 Å². The lowest BCUT2D eigenvalue weighted by Crippen LogP contribution is -2.11. The van der Waals surface area contributed by atoms with Crippen LogP contribution in [0.25, 0.3) is 0 Å². The third-order valence-corrected chi connectivity index (χ3v) is 4.70. The van der Waals surface area contributed by atoms with Gasteiger partial charge in [-0.05, 0) is 43.2 Å². The molecule has 4 nitrogen and oxygen atoms in total. The molecule has 1 fully saturated rings. The Morgan fingerprint density at radius 2 is 2.05 bits per heavy atom. The lowest BCUT2D eigenvalue weighted by Gasteiger charge is -2.08. The molecule has 1 N–H and O–H groups in total. The van der Waals surface area contributed by atoms with Crippen LogP contribution in [0.5, 0.6) is 0 Å². The standard InChI is InChI=1S/C16H18N2O2/c19-14-7-3-6-13(14)16-17-15(18-20-16)12-9-8-10-4-1-2-5-11(10)12/h1-2,4-5,12-14,19H,3,6-9H2. The molecule has 0 aliphatic heterocycles. The van der Waals surface area contributed by atoms with Crippen LogP contribution in [0.4, 0.5) is 0 Å². The molecule has 0 radical (unpaired) electrons. The molecular formula is C16H18N2O2. The Balaban J connectivity index is 1.63. The first-order valence-electron chi connectivity index (χ1n) is 7.42. The molecule has 0 saturated heterocycles. The van der Waals surface area contributed by atoms with Crippen molar-refractivity contribution < 1.29 is 9.63 Å². The van der Waals surface area contributed by atoms with Gasteiger partial charge in [0.25, 0.3) is 0 Å². The summed E-state index contributed by atoms with van der Waals surface area (Å²) in [6.07, 6.45) is 4.63. The van der Waals surface area contributed by atoms with Crippen molar-refractivity contribution in [2.24, 2.45) is 0 Å². The highest BCUT2D eigenvalue weighted by Crippen LogP contribution is 2.38. The first-order valence-corrected chi connectivity index (χ1v) is 7.42. The van der Waals surface area contributed by atoms with Crippen LogP contribution in [-0.2, 0) is 6.42 Å². The molecule has 2 aliphatic carbocycles. The van der Waals surface area contributed by atoms with Crippen LogP contribution in [0.2, 0.25) is 0 Å². The molecule has 3 atom stereocenters. The van der Waals surface area contributed by atoms with Crippen molar-refractivity contribution >= 4 is 0 Å². The van der Waals surface area contributed by atoms with Crippen molar-refractivity contribution in [3.8, 4) is 0 Å². The van der Waals surface area contributed by atoms with Gasteiger partial charge in [-0.2, -0.15) is 4.98 Å². The number of benzene rings is 1. The topological polar surface area (TPSA) is 59.2 Å². The Morgan fingerprint density at radius 3 is 2.90 bits per heavy atom. The minimum Gasteiger partial charge on any atom is -0.392 e. The van der Waals surface area contributed by atoms with Crippen molar-refractivity contribution in [3.05, 3.63) is 47.1 Å². The molecule has 4 heteroatoms. The smallest absolute Gasteiger partial charge is 0.232 e. The van der Waals surface area contributed by atoms with Crippen LogP contribution in [0, 0.1) is 0 Å². The molecule has 0 bridgehead atoms. The molecular weight excluding hydrogens is 252 g/mol. The maximum Gasteiger partial charge on any atom is 0.232 e. The Bertz CT molecular complexity index is 622. The number of aromatic nitrogens is 2. The van der Waals surface area contributed by atoms with E-state index in [1.54, 1.807) is 0 Å². The van der Waals surface area contributed by atoms with Crippen molar-refractivity contribution in [2.75, 3.05) is 0 Å². The number of aliphatic hydroxyl groups excluding tert-OH is 1. The number of rotatable bonds is 2. The van der Waals surface area contributed by atoms with E-state index < -0.39 is 0 Å². The molecule has 2 aliphatic rings. The minimum atomic E-state index is -0.320. The van der Waals surface area contributed by atoms with Gasteiger partial charge in [0.05, 0.1) is 12.0 Å². The average Bonchev–Trinajstić information content (AvgIpc) is 3.15. The Morgan fingerprint density at radius 1 is 1.15 bits per heavy atom. The van der Waals surface area contributed by atoms with Gasteiger partial charge >= 0.3 is 0 Å². The van der Waals surface area contributed by atoms with Gasteiger partial charge in [-0.1, -0.05) is 29.4 Å². The number of hydrogen-bond acceptors (Lipinski definition) is 4. The van der Waals surface area contributed by atoms with E-state index in [0.717, 1.165) is 37.9 Å². The number of nitrogens with zero attached hydrogens (tertiary/aromatic N) is 2. The molecule has 1 saturated carbocycles. The van der Waals surface area contributed by atoms with Gasteiger partial charge in [-0.3, -0.25) is 0 Å². The van der Waals surface area contributed by atoms with Gasteiger partial charge in [0.15, 0.2) is 5.82 Å². The molecule has 1 heterocycles. The van der Waals surface area contributed by atoms with Gasteiger partial charge < -0.3 is 9.63 Å². The zero-order valence-electron chi connectivity index (χ0n) is 11.3. The van der Waals surface area contributed by atoms with Gasteiger partial charge in [-0.25, -0.2) is 0 Å². The van der Waals surface area contributed by atoms with Crippen LogP contribution in [0.15, 0.2) is 28.8 Å². The fourth-order valence-electron chi connectivity index (χ4n) is 3.59. The van der Waals surface area contributed by atoms with Crippen molar-refractivity contribution in [3.63, 3.8) is 0 Å². The lowest BCUT2D eigenvalue weighted by atomic mass is 10.0. The first kappa shape index (κ1) is 12.1. The SMILES string of the molecule is OC1CCCC1c1nc(C2CCc3ccccc32)no1. The highest BCUT2D eigenvalue weighted by atomic mass is 16.5. The van der Waals surface area contributed by atoms with Crippen LogP contribution >= 0.6 is 0 Å². The highest BCUT2D eigenvalue weighted by Gasteiger charge is 2.33. The first-order chi connectivity index (χ1) is 9.83. The highest BCUT2D eigenvalue weighted by molar-refractivity contribution is 5.38. The molecule has 20 heavy (non-hydrogen) atoms. The lowest BCUT2D eigenvalue weighted by molar-refractivity contribution is 0.148. The van der Waals surface area contributed by atoms with Gasteiger partial charge in [0.2, 0.25) is 5.89 Å². The zero-order chi connectivity index (χ0) is 13.5. The Labute approximate surface area is 117 Å². The molecule has 104 valence electrons.